The van der Waals surface area contributed by atoms with Crippen molar-refractivity contribution >= 4 is 29.9 Å². The molecule has 0 unspecified atom stereocenters. The van der Waals surface area contributed by atoms with Gasteiger partial charge in [0.15, 0.2) is 15.7 Å². The Morgan fingerprint density at radius 3 is 2.38 bits per heavy atom. The lowest BCUT2D eigenvalue weighted by atomic mass is 9.99. The van der Waals surface area contributed by atoms with E-state index in [0.717, 1.165) is 18.9 Å². The Morgan fingerprint density at radius 2 is 1.79 bits per heavy atom. The smallest absolute Gasteiger partial charge is 0.240 e. The number of hydrogen-bond acceptors (Lipinski definition) is 10. The van der Waals surface area contributed by atoms with Crippen molar-refractivity contribution in [3.8, 4) is 22.5 Å². The van der Waals surface area contributed by atoms with Gasteiger partial charge in [-0.05, 0) is 52.6 Å². The molecule has 0 saturated heterocycles. The van der Waals surface area contributed by atoms with Crippen LogP contribution in [0.5, 0.6) is 0 Å². The van der Waals surface area contributed by atoms with Crippen LogP contribution in [0.4, 0.5) is 0 Å². The molecule has 6 N–H and O–H groups in total. The topological polar surface area (TPSA) is 221 Å². The van der Waals surface area contributed by atoms with Crippen molar-refractivity contribution in [2.24, 2.45) is 10.9 Å². The Hall–Kier alpha value is -2.76. The number of aromatic amines is 1. The highest BCUT2D eigenvalue weighted by molar-refractivity contribution is 7.93. The number of nitrogens with one attached hydrogen (secondary N) is 2. The predicted octanol–water partition coefficient (Wildman–Crippen LogP) is -0.646. The monoisotopic (exact) mass is 527 g/mol. The van der Waals surface area contributed by atoms with Crippen molar-refractivity contribution in [2.45, 2.75) is 33.6 Å². The fraction of sp³-hybridized carbons (Fsp3) is 0.278. The molecule has 0 aliphatic heterocycles. The maximum atomic E-state index is 12.8. The van der Waals surface area contributed by atoms with E-state index < -0.39 is 45.4 Å². The first-order chi connectivity index (χ1) is 15.9. The van der Waals surface area contributed by atoms with Gasteiger partial charge >= 0.3 is 0 Å². The number of nitrogens with zero attached hydrogens (tertiary/aromatic N) is 3. The molecule has 4 rings (SSSR count). The quantitative estimate of drug-likeness (QED) is 0.275. The minimum atomic E-state index is -4.63. The Labute approximate surface area is 196 Å². The van der Waals surface area contributed by atoms with E-state index in [1.165, 1.54) is 24.3 Å². The molecule has 0 atom stereocenters. The average Bonchev–Trinajstić information content (AvgIpc) is 3.39. The number of H-pyrrole nitrogens is 1. The molecule has 182 valence electrons. The van der Waals surface area contributed by atoms with Crippen LogP contribution in [0.2, 0.25) is 0 Å². The van der Waals surface area contributed by atoms with Crippen molar-refractivity contribution in [2.75, 3.05) is 12.3 Å². The number of primary sulfonamides is 1. The zero-order chi connectivity index (χ0) is 24.7. The van der Waals surface area contributed by atoms with Gasteiger partial charge in [0, 0.05) is 18.2 Å². The van der Waals surface area contributed by atoms with Crippen molar-refractivity contribution in [1.29, 1.82) is 0 Å². The molecule has 3 aromatic rings. The molecular weight excluding hydrogens is 506 g/mol. The highest BCUT2D eigenvalue weighted by atomic mass is 32.2. The van der Waals surface area contributed by atoms with Crippen LogP contribution in [0, 0.1) is 0 Å². The molecule has 13 nitrogen and oxygen atoms in total. The highest BCUT2D eigenvalue weighted by Crippen LogP contribution is 2.39. The molecule has 1 fully saturated rings. The average molecular weight is 528 g/mol. The largest absolute Gasteiger partial charge is 0.329 e. The van der Waals surface area contributed by atoms with Crippen LogP contribution < -0.4 is 15.6 Å². The zero-order valence-electron chi connectivity index (χ0n) is 17.5. The Balaban J connectivity index is 2.01. The molecule has 2 aromatic carbocycles. The lowest BCUT2D eigenvalue weighted by Crippen LogP contribution is -2.25. The van der Waals surface area contributed by atoms with Crippen LogP contribution in [0.3, 0.4) is 0 Å². The van der Waals surface area contributed by atoms with Crippen LogP contribution in [-0.2, 0) is 29.9 Å². The maximum Gasteiger partial charge on any atom is 0.240 e. The predicted molar refractivity (Wildman–Crippen MR) is 121 cm³/mol. The van der Waals surface area contributed by atoms with E-state index in [4.69, 9.17) is 10.9 Å². The molecule has 0 spiro atoms. The number of hydrogen-bond donors (Lipinski definition) is 4. The molecule has 0 amide bonds. The van der Waals surface area contributed by atoms with Crippen LogP contribution in [0.15, 0.2) is 51.1 Å². The van der Waals surface area contributed by atoms with Gasteiger partial charge in [-0.2, -0.15) is 0 Å². The van der Waals surface area contributed by atoms with Crippen LogP contribution >= 0.6 is 0 Å². The van der Waals surface area contributed by atoms with E-state index in [-0.39, 0.29) is 40.0 Å². The van der Waals surface area contributed by atoms with Crippen molar-refractivity contribution in [3.05, 3.63) is 36.4 Å². The summed E-state index contributed by atoms with van der Waals surface area (Å²) < 4.78 is 78.9. The second-order valence-corrected chi connectivity index (χ2v) is 12.9. The lowest BCUT2D eigenvalue weighted by Gasteiger charge is -2.17. The van der Waals surface area contributed by atoms with Crippen LogP contribution in [0.1, 0.15) is 12.8 Å². The fourth-order valence-electron chi connectivity index (χ4n) is 3.42. The summed E-state index contributed by atoms with van der Waals surface area (Å²) >= 11 is 0. The molecule has 0 radical (unpaired) electrons. The van der Waals surface area contributed by atoms with Gasteiger partial charge in [0.1, 0.15) is 4.90 Å². The summed E-state index contributed by atoms with van der Waals surface area (Å²) in [5.74, 6) is -0.697. The molecule has 1 saturated carbocycles. The number of benzene rings is 2. The molecular formula is C18H21N7O6S3. The van der Waals surface area contributed by atoms with E-state index in [1.54, 1.807) is 6.07 Å². The third kappa shape index (κ3) is 4.86. The van der Waals surface area contributed by atoms with Crippen LogP contribution in [0.25, 0.3) is 22.5 Å². The summed E-state index contributed by atoms with van der Waals surface area (Å²) in [5, 5.41) is 18.5. The summed E-state index contributed by atoms with van der Waals surface area (Å²) in [7, 11) is -12.6. The van der Waals surface area contributed by atoms with E-state index in [0.29, 0.717) is 0 Å². The van der Waals surface area contributed by atoms with E-state index in [1.807, 2.05) is 0 Å². The maximum absolute atomic E-state index is 12.8. The first-order valence-electron chi connectivity index (χ1n) is 9.93. The van der Waals surface area contributed by atoms with Crippen molar-refractivity contribution in [3.63, 3.8) is 0 Å². The minimum Gasteiger partial charge on any atom is -0.329 e. The second kappa shape index (κ2) is 8.79. The van der Waals surface area contributed by atoms with Gasteiger partial charge in [0.25, 0.3) is 0 Å². The lowest BCUT2D eigenvalue weighted by molar-refractivity contribution is 0.581. The van der Waals surface area contributed by atoms with Gasteiger partial charge < -0.3 is 5.73 Å². The van der Waals surface area contributed by atoms with Crippen molar-refractivity contribution < 1.29 is 25.3 Å². The number of sulfone groups is 1. The van der Waals surface area contributed by atoms with Gasteiger partial charge in [-0.15, -0.1) is 5.10 Å². The number of rotatable bonds is 9. The Kier molecular flexibility index (Phi) is 6.30. The van der Waals surface area contributed by atoms with Gasteiger partial charge in [0.05, 0.1) is 15.5 Å². The summed E-state index contributed by atoms with van der Waals surface area (Å²) in [6, 6.07) is 8.08. The number of aromatic nitrogens is 4. The first-order valence-corrected chi connectivity index (χ1v) is 14.6. The number of sulfonamides is 2. The van der Waals surface area contributed by atoms with Gasteiger partial charge in [0.2, 0.25) is 20.0 Å². The fourth-order valence-corrected chi connectivity index (χ4v) is 7.53. The van der Waals surface area contributed by atoms with E-state index in [2.05, 4.69) is 25.3 Å². The molecule has 1 heterocycles. The second-order valence-electron chi connectivity index (χ2n) is 7.64. The Morgan fingerprint density at radius 1 is 1.06 bits per heavy atom. The third-order valence-electron chi connectivity index (χ3n) is 5.06. The molecule has 34 heavy (non-hydrogen) atoms. The molecule has 16 heteroatoms. The summed E-state index contributed by atoms with van der Waals surface area (Å²) in [6.45, 7) is -0.249. The van der Waals surface area contributed by atoms with Gasteiger partial charge in [-0.1, -0.05) is 18.2 Å². The van der Waals surface area contributed by atoms with E-state index in [9.17, 15) is 25.3 Å². The molecule has 1 aliphatic carbocycles. The summed E-state index contributed by atoms with van der Waals surface area (Å²) in [5.41, 5.74) is 5.61. The standard InChI is InChI=1S/C18H21N7O6S3/c19-8-9-32(26,27)15-7-6-14(16(17(15)33(20,28)29)18-21-24-25-22-18)11-2-1-3-13(10-11)34(30,31)23-12-4-5-12/h1-3,6-7,10,12,23H,4-5,8-9,19H2,(H2,20,28,29)(H,21,22,24,25). The number of tetrazole rings is 1. The first kappa shape index (κ1) is 24.4. The Bertz CT molecular complexity index is 1550. The van der Waals surface area contributed by atoms with Crippen LogP contribution in [-0.4, -0.2) is 64.2 Å². The minimum absolute atomic E-state index is 0.0458. The third-order valence-corrected chi connectivity index (χ3v) is 9.49. The van der Waals surface area contributed by atoms with Gasteiger partial charge in [-0.3, -0.25) is 0 Å². The number of nitrogens with two attached hydrogens (primary N) is 2. The SMILES string of the molecule is NCCS(=O)(=O)c1ccc(-c2cccc(S(=O)(=O)NC3CC3)c2)c(-c2nnn[nH]2)c1S(N)(=O)=O. The van der Waals surface area contributed by atoms with E-state index >= 15 is 0 Å². The molecule has 0 bridgehead atoms. The zero-order valence-corrected chi connectivity index (χ0v) is 20.0. The van der Waals surface area contributed by atoms with Crippen molar-refractivity contribution in [1.82, 2.24) is 25.3 Å². The summed E-state index contributed by atoms with van der Waals surface area (Å²) in [4.78, 5) is -1.33. The molecule has 1 aliphatic rings. The van der Waals surface area contributed by atoms with Gasteiger partial charge in [-0.25, -0.2) is 40.2 Å². The summed E-state index contributed by atoms with van der Waals surface area (Å²) in [6.07, 6.45) is 1.50. The normalized spacial score (nSPS) is 14.9. The molecule has 1 aromatic heterocycles. The highest BCUT2D eigenvalue weighted by Gasteiger charge is 2.32.